The van der Waals surface area contributed by atoms with Gasteiger partial charge in [0.25, 0.3) is 0 Å². The molecule has 0 bridgehead atoms. The van der Waals surface area contributed by atoms with Gasteiger partial charge in [-0.25, -0.2) is 9.97 Å². The number of furan rings is 1. The Hall–Kier alpha value is -2.14. The van der Waals surface area contributed by atoms with Gasteiger partial charge in [0.05, 0.1) is 5.75 Å². The van der Waals surface area contributed by atoms with Crippen LogP contribution in [-0.2, 0) is 0 Å². The fourth-order valence-corrected chi connectivity index (χ4v) is 2.90. The van der Waals surface area contributed by atoms with Gasteiger partial charge in [-0.3, -0.25) is 4.79 Å². The van der Waals surface area contributed by atoms with Crippen LogP contribution in [0.15, 0.2) is 46.0 Å². The summed E-state index contributed by atoms with van der Waals surface area (Å²) in [5.41, 5.74) is 2.54. The number of hydrogen-bond donors (Lipinski definition) is 0. The summed E-state index contributed by atoms with van der Waals surface area (Å²) >= 11 is 1.33. The van der Waals surface area contributed by atoms with Gasteiger partial charge in [0.1, 0.15) is 5.58 Å². The lowest BCUT2D eigenvalue weighted by molar-refractivity contribution is 0.0994. The topological polar surface area (TPSA) is 56.0 Å². The molecule has 0 saturated heterocycles. The van der Waals surface area contributed by atoms with Crippen molar-refractivity contribution < 1.29 is 9.21 Å². The molecular weight excluding hydrogens is 284 g/mol. The number of ketones is 1. The highest BCUT2D eigenvalue weighted by molar-refractivity contribution is 7.99. The maximum Gasteiger partial charge on any atom is 0.208 e. The molecule has 0 aliphatic carbocycles. The quantitative estimate of drug-likeness (QED) is 0.416. The first-order valence-electron chi connectivity index (χ1n) is 6.59. The summed E-state index contributed by atoms with van der Waals surface area (Å²) in [6.45, 7) is 3.83. The fraction of sp³-hybridized carbons (Fsp3) is 0.188. The second-order valence-electron chi connectivity index (χ2n) is 4.79. The summed E-state index contributed by atoms with van der Waals surface area (Å²) in [7, 11) is 0. The molecule has 3 aromatic rings. The van der Waals surface area contributed by atoms with Gasteiger partial charge in [-0.15, -0.1) is 0 Å². The number of thioether (sulfide) groups is 1. The lowest BCUT2D eigenvalue weighted by Gasteiger charge is -2.01. The van der Waals surface area contributed by atoms with Crippen LogP contribution < -0.4 is 0 Å². The molecule has 0 aliphatic rings. The summed E-state index contributed by atoms with van der Waals surface area (Å²) in [4.78, 5) is 20.8. The molecule has 0 radical (unpaired) electrons. The minimum atomic E-state index is -0.0565. The molecule has 0 aliphatic heterocycles. The van der Waals surface area contributed by atoms with Crippen molar-refractivity contribution in [1.29, 1.82) is 0 Å². The molecule has 0 N–H and O–H groups in total. The summed E-state index contributed by atoms with van der Waals surface area (Å²) < 4.78 is 5.56. The summed E-state index contributed by atoms with van der Waals surface area (Å²) in [5.74, 6) is 0.593. The highest BCUT2D eigenvalue weighted by Crippen LogP contribution is 2.21. The molecule has 0 saturated carbocycles. The predicted octanol–water partition coefficient (Wildman–Crippen LogP) is 3.81. The van der Waals surface area contributed by atoms with Gasteiger partial charge in [0.15, 0.2) is 10.9 Å². The Morgan fingerprint density at radius 2 is 1.86 bits per heavy atom. The summed E-state index contributed by atoms with van der Waals surface area (Å²) in [5, 5.41) is 1.56. The molecule has 0 amide bonds. The van der Waals surface area contributed by atoms with E-state index in [9.17, 15) is 4.79 Å². The van der Waals surface area contributed by atoms with E-state index in [1.807, 2.05) is 44.2 Å². The number of carbonyl (C=O) groups is 1. The summed E-state index contributed by atoms with van der Waals surface area (Å²) in [6.07, 6.45) is 0. The minimum Gasteiger partial charge on any atom is -0.453 e. The number of para-hydroxylation sites is 1. The number of Topliss-reactive ketones (excluding diaryl/α,β-unsaturated/α-hetero) is 1. The number of aromatic nitrogens is 2. The van der Waals surface area contributed by atoms with Crippen molar-refractivity contribution in [3.63, 3.8) is 0 Å². The number of rotatable bonds is 4. The zero-order valence-corrected chi connectivity index (χ0v) is 12.6. The van der Waals surface area contributed by atoms with Crippen molar-refractivity contribution >= 4 is 28.5 Å². The Kier molecular flexibility index (Phi) is 3.75. The standard InChI is InChI=1S/C16H14N2O2S/c1-10-7-11(2)18-16(17-10)21-9-13(19)15-8-12-5-3-4-6-14(12)20-15/h3-8H,9H2,1-2H3. The molecule has 0 unspecified atom stereocenters. The van der Waals surface area contributed by atoms with Crippen molar-refractivity contribution in [3.8, 4) is 0 Å². The molecule has 3 rings (SSSR count). The average molecular weight is 298 g/mol. The maximum absolute atomic E-state index is 12.2. The second-order valence-corrected chi connectivity index (χ2v) is 5.74. The Morgan fingerprint density at radius 1 is 1.14 bits per heavy atom. The van der Waals surface area contributed by atoms with Crippen LogP contribution in [-0.4, -0.2) is 21.5 Å². The van der Waals surface area contributed by atoms with E-state index in [4.69, 9.17) is 4.42 Å². The lowest BCUT2D eigenvalue weighted by atomic mass is 10.2. The van der Waals surface area contributed by atoms with Gasteiger partial charge in [0.2, 0.25) is 5.78 Å². The van der Waals surface area contributed by atoms with E-state index in [1.54, 1.807) is 6.07 Å². The Bertz CT molecular complexity index is 758. The smallest absolute Gasteiger partial charge is 0.208 e. The van der Waals surface area contributed by atoms with Crippen LogP contribution in [0.3, 0.4) is 0 Å². The zero-order chi connectivity index (χ0) is 14.8. The van der Waals surface area contributed by atoms with Gasteiger partial charge >= 0.3 is 0 Å². The maximum atomic E-state index is 12.2. The Labute approximate surface area is 126 Å². The van der Waals surface area contributed by atoms with Crippen LogP contribution in [0.1, 0.15) is 21.9 Å². The molecule has 2 heterocycles. The predicted molar refractivity (Wildman–Crippen MR) is 82.8 cm³/mol. The van der Waals surface area contributed by atoms with Crippen LogP contribution in [0.4, 0.5) is 0 Å². The van der Waals surface area contributed by atoms with Crippen molar-refractivity contribution in [2.45, 2.75) is 19.0 Å². The fourth-order valence-electron chi connectivity index (χ4n) is 2.08. The number of carbonyl (C=O) groups excluding carboxylic acids is 1. The van der Waals surface area contributed by atoms with Gasteiger partial charge in [0, 0.05) is 16.8 Å². The molecular formula is C16H14N2O2S. The van der Waals surface area contributed by atoms with Crippen molar-refractivity contribution in [1.82, 2.24) is 9.97 Å². The third-order valence-electron chi connectivity index (χ3n) is 2.99. The Balaban J connectivity index is 1.74. The van der Waals surface area contributed by atoms with Crippen LogP contribution in [0.25, 0.3) is 11.0 Å². The van der Waals surface area contributed by atoms with E-state index in [0.29, 0.717) is 10.9 Å². The number of hydrogen-bond acceptors (Lipinski definition) is 5. The monoisotopic (exact) mass is 298 g/mol. The highest BCUT2D eigenvalue weighted by atomic mass is 32.2. The Morgan fingerprint density at radius 3 is 2.57 bits per heavy atom. The van der Waals surface area contributed by atoms with Crippen molar-refractivity contribution in [3.05, 3.63) is 53.5 Å². The van der Waals surface area contributed by atoms with Crippen LogP contribution in [0.5, 0.6) is 0 Å². The van der Waals surface area contributed by atoms with E-state index in [2.05, 4.69) is 9.97 Å². The lowest BCUT2D eigenvalue weighted by Crippen LogP contribution is -2.02. The molecule has 0 fully saturated rings. The number of nitrogens with zero attached hydrogens (tertiary/aromatic N) is 2. The molecule has 106 valence electrons. The van der Waals surface area contributed by atoms with Crippen LogP contribution in [0, 0.1) is 13.8 Å². The van der Waals surface area contributed by atoms with Crippen molar-refractivity contribution in [2.75, 3.05) is 5.75 Å². The van der Waals surface area contributed by atoms with E-state index >= 15 is 0 Å². The molecule has 0 spiro atoms. The molecule has 0 atom stereocenters. The molecule has 4 nitrogen and oxygen atoms in total. The second kappa shape index (κ2) is 5.69. The van der Waals surface area contributed by atoms with Gasteiger partial charge in [-0.2, -0.15) is 0 Å². The van der Waals surface area contributed by atoms with E-state index in [1.165, 1.54) is 11.8 Å². The normalized spacial score (nSPS) is 11.0. The largest absolute Gasteiger partial charge is 0.453 e. The number of aryl methyl sites for hydroxylation is 2. The first-order chi connectivity index (χ1) is 10.1. The third kappa shape index (κ3) is 3.13. The van der Waals surface area contributed by atoms with Crippen LogP contribution >= 0.6 is 11.8 Å². The SMILES string of the molecule is Cc1cc(C)nc(SCC(=O)c2cc3ccccc3o2)n1. The molecule has 1 aromatic carbocycles. The van der Waals surface area contributed by atoms with E-state index in [-0.39, 0.29) is 11.5 Å². The van der Waals surface area contributed by atoms with Crippen molar-refractivity contribution in [2.24, 2.45) is 0 Å². The first-order valence-corrected chi connectivity index (χ1v) is 7.57. The number of benzene rings is 1. The van der Waals surface area contributed by atoms with Gasteiger partial charge in [-0.1, -0.05) is 30.0 Å². The molecule has 5 heteroatoms. The van der Waals surface area contributed by atoms with E-state index < -0.39 is 0 Å². The molecule has 21 heavy (non-hydrogen) atoms. The third-order valence-corrected chi connectivity index (χ3v) is 3.84. The minimum absolute atomic E-state index is 0.0565. The van der Waals surface area contributed by atoms with E-state index in [0.717, 1.165) is 22.4 Å². The average Bonchev–Trinajstić information content (AvgIpc) is 2.87. The first kappa shape index (κ1) is 13.8. The number of fused-ring (bicyclic) bond motifs is 1. The van der Waals surface area contributed by atoms with Gasteiger partial charge in [-0.05, 0) is 32.0 Å². The molecule has 2 aromatic heterocycles. The summed E-state index contributed by atoms with van der Waals surface area (Å²) in [6, 6.07) is 11.3. The van der Waals surface area contributed by atoms with Gasteiger partial charge < -0.3 is 4.42 Å². The van der Waals surface area contributed by atoms with Crippen LogP contribution in [0.2, 0.25) is 0 Å². The highest BCUT2D eigenvalue weighted by Gasteiger charge is 2.13. The zero-order valence-electron chi connectivity index (χ0n) is 11.8.